The van der Waals surface area contributed by atoms with E-state index in [1.807, 2.05) is 0 Å². The molecule has 0 fully saturated rings. The molecule has 0 aromatic heterocycles. The van der Waals surface area contributed by atoms with E-state index >= 15 is 0 Å². The number of carbonyl (C=O) groups excluding carboxylic acids is 4. The molecular weight excluding hydrogens is 252 g/mol. The van der Waals surface area contributed by atoms with Gasteiger partial charge in [0.15, 0.2) is 0 Å². The zero-order valence-electron chi connectivity index (χ0n) is 9.76. The topological polar surface area (TPSA) is 86.7 Å². The average Bonchev–Trinajstić information content (AvgIpc) is 2.27. The van der Waals surface area contributed by atoms with Gasteiger partial charge in [0.05, 0.1) is 11.1 Å². The van der Waals surface area contributed by atoms with Gasteiger partial charge in [-0.3, -0.25) is 9.59 Å². The van der Waals surface area contributed by atoms with Crippen LogP contribution in [0.15, 0.2) is 24.3 Å². The van der Waals surface area contributed by atoms with Crippen LogP contribution in [-0.4, -0.2) is 23.9 Å². The number of ether oxygens (including phenoxy) is 2. The molecule has 0 saturated heterocycles. The van der Waals surface area contributed by atoms with E-state index in [-0.39, 0.29) is 18.6 Å². The highest BCUT2D eigenvalue weighted by Gasteiger charge is 2.20. The maximum Gasteiger partial charge on any atom is 0.346 e. The lowest BCUT2D eigenvalue weighted by Gasteiger charge is -2.06. The minimum Gasteiger partial charge on any atom is -0.390 e. The standard InChI is InChI=1S/C12H10O6.CH4/c1-7(13)17-11(15)9-5-3-4-6-10(9)12(16)18-8(2)14;/h3-6H,1-2H3;1H4. The SMILES string of the molecule is C.CC(=O)OC(=O)c1ccccc1C(=O)OC(C)=O. The zero-order chi connectivity index (χ0) is 13.7. The molecule has 1 rings (SSSR count). The summed E-state index contributed by atoms with van der Waals surface area (Å²) in [5, 5.41) is 0. The monoisotopic (exact) mass is 266 g/mol. The Morgan fingerprint density at radius 2 is 1.11 bits per heavy atom. The maximum absolute atomic E-state index is 11.5. The quantitative estimate of drug-likeness (QED) is 0.598. The molecule has 6 nitrogen and oxygen atoms in total. The van der Waals surface area contributed by atoms with Crippen molar-refractivity contribution in [2.24, 2.45) is 0 Å². The highest BCUT2D eigenvalue weighted by Crippen LogP contribution is 2.12. The van der Waals surface area contributed by atoms with Crippen LogP contribution in [0.5, 0.6) is 0 Å². The summed E-state index contributed by atoms with van der Waals surface area (Å²) < 4.78 is 8.72. The predicted octanol–water partition coefficient (Wildman–Crippen LogP) is 1.73. The van der Waals surface area contributed by atoms with Crippen LogP contribution < -0.4 is 0 Å². The molecule has 0 aliphatic rings. The molecule has 0 aliphatic carbocycles. The van der Waals surface area contributed by atoms with Gasteiger partial charge in [-0.25, -0.2) is 9.59 Å². The maximum atomic E-state index is 11.5. The van der Waals surface area contributed by atoms with Crippen LogP contribution >= 0.6 is 0 Å². The molecule has 0 saturated carbocycles. The second-order valence-corrected chi connectivity index (χ2v) is 3.31. The number of rotatable bonds is 2. The highest BCUT2D eigenvalue weighted by molar-refractivity contribution is 6.07. The largest absolute Gasteiger partial charge is 0.390 e. The second kappa shape index (κ2) is 7.05. The summed E-state index contributed by atoms with van der Waals surface area (Å²) in [5.74, 6) is -3.54. The van der Waals surface area contributed by atoms with E-state index in [9.17, 15) is 19.2 Å². The van der Waals surface area contributed by atoms with Gasteiger partial charge in [-0.1, -0.05) is 19.6 Å². The third-order valence-electron chi connectivity index (χ3n) is 1.84. The molecule has 0 amide bonds. The van der Waals surface area contributed by atoms with E-state index in [4.69, 9.17) is 0 Å². The Kier molecular flexibility index (Phi) is 6.12. The molecule has 0 unspecified atom stereocenters. The van der Waals surface area contributed by atoms with Crippen molar-refractivity contribution in [1.82, 2.24) is 0 Å². The Bertz CT molecular complexity index is 471. The Morgan fingerprint density at radius 3 is 1.37 bits per heavy atom. The Labute approximate surface area is 110 Å². The van der Waals surface area contributed by atoms with Crippen molar-refractivity contribution in [2.75, 3.05) is 0 Å². The molecule has 19 heavy (non-hydrogen) atoms. The summed E-state index contributed by atoms with van der Waals surface area (Å²) in [7, 11) is 0. The fraction of sp³-hybridized carbons (Fsp3) is 0.231. The summed E-state index contributed by atoms with van der Waals surface area (Å²) in [6.07, 6.45) is 0. The van der Waals surface area contributed by atoms with Gasteiger partial charge < -0.3 is 9.47 Å². The number of carbonyl (C=O) groups is 4. The normalized spacial score (nSPS) is 8.95. The fourth-order valence-corrected chi connectivity index (χ4v) is 1.21. The summed E-state index contributed by atoms with van der Waals surface area (Å²) in [4.78, 5) is 44.4. The van der Waals surface area contributed by atoms with Gasteiger partial charge in [0.25, 0.3) is 0 Å². The van der Waals surface area contributed by atoms with Crippen molar-refractivity contribution >= 4 is 23.9 Å². The van der Waals surface area contributed by atoms with E-state index < -0.39 is 23.9 Å². The minimum atomic E-state index is -0.974. The molecule has 0 heterocycles. The first-order valence-electron chi connectivity index (χ1n) is 4.96. The van der Waals surface area contributed by atoms with Gasteiger partial charge >= 0.3 is 23.9 Å². The van der Waals surface area contributed by atoms with E-state index in [2.05, 4.69) is 9.47 Å². The summed E-state index contributed by atoms with van der Waals surface area (Å²) >= 11 is 0. The molecule has 0 atom stereocenters. The fourth-order valence-electron chi connectivity index (χ4n) is 1.21. The first kappa shape index (κ1) is 16.5. The number of esters is 4. The van der Waals surface area contributed by atoms with Crippen molar-refractivity contribution in [3.63, 3.8) is 0 Å². The Morgan fingerprint density at radius 1 is 0.789 bits per heavy atom. The zero-order valence-corrected chi connectivity index (χ0v) is 9.76. The molecule has 102 valence electrons. The first-order chi connectivity index (χ1) is 8.41. The van der Waals surface area contributed by atoms with Crippen molar-refractivity contribution in [1.29, 1.82) is 0 Å². The van der Waals surface area contributed by atoms with Gasteiger partial charge in [0.1, 0.15) is 0 Å². The number of hydrogen-bond donors (Lipinski definition) is 0. The molecule has 0 N–H and O–H groups in total. The molecule has 1 aromatic rings. The smallest absolute Gasteiger partial charge is 0.346 e. The lowest BCUT2D eigenvalue weighted by atomic mass is 10.1. The Balaban J connectivity index is 0.00000324. The summed E-state index contributed by atoms with van der Waals surface area (Å²) in [5.41, 5.74) is -0.280. The molecule has 0 aliphatic heterocycles. The molecule has 0 radical (unpaired) electrons. The van der Waals surface area contributed by atoms with Crippen LogP contribution in [-0.2, 0) is 19.1 Å². The van der Waals surface area contributed by atoms with E-state index in [0.717, 1.165) is 13.8 Å². The van der Waals surface area contributed by atoms with Crippen LogP contribution in [0.1, 0.15) is 42.0 Å². The van der Waals surface area contributed by atoms with Crippen LogP contribution in [0, 0.1) is 0 Å². The van der Waals surface area contributed by atoms with Crippen molar-refractivity contribution < 1.29 is 28.7 Å². The summed E-state index contributed by atoms with van der Waals surface area (Å²) in [6, 6.07) is 5.56. The molecule has 6 heteroatoms. The van der Waals surface area contributed by atoms with Gasteiger partial charge in [0.2, 0.25) is 0 Å². The third-order valence-corrected chi connectivity index (χ3v) is 1.84. The highest BCUT2D eigenvalue weighted by atomic mass is 16.6. The van der Waals surface area contributed by atoms with Crippen LogP contribution in [0.25, 0.3) is 0 Å². The van der Waals surface area contributed by atoms with E-state index in [1.165, 1.54) is 24.3 Å². The Hall–Kier alpha value is -2.50. The van der Waals surface area contributed by atoms with Gasteiger partial charge in [-0.05, 0) is 12.1 Å². The third kappa shape index (κ3) is 4.71. The second-order valence-electron chi connectivity index (χ2n) is 3.31. The van der Waals surface area contributed by atoms with Crippen LogP contribution in [0.2, 0.25) is 0 Å². The van der Waals surface area contributed by atoms with Crippen molar-refractivity contribution in [3.05, 3.63) is 35.4 Å². The average molecular weight is 266 g/mol. The van der Waals surface area contributed by atoms with Crippen molar-refractivity contribution in [3.8, 4) is 0 Å². The lowest BCUT2D eigenvalue weighted by Crippen LogP contribution is -2.17. The van der Waals surface area contributed by atoms with Gasteiger partial charge in [-0.15, -0.1) is 0 Å². The minimum absolute atomic E-state index is 0. The van der Waals surface area contributed by atoms with E-state index in [1.54, 1.807) is 0 Å². The first-order valence-corrected chi connectivity index (χ1v) is 4.96. The predicted molar refractivity (Wildman–Crippen MR) is 65.4 cm³/mol. The molecule has 0 bridgehead atoms. The molecular formula is C13H14O6. The number of hydrogen-bond acceptors (Lipinski definition) is 6. The van der Waals surface area contributed by atoms with Crippen LogP contribution in [0.3, 0.4) is 0 Å². The molecule has 1 aromatic carbocycles. The van der Waals surface area contributed by atoms with Gasteiger partial charge in [-0.2, -0.15) is 0 Å². The van der Waals surface area contributed by atoms with E-state index in [0.29, 0.717) is 0 Å². The van der Waals surface area contributed by atoms with Crippen molar-refractivity contribution in [2.45, 2.75) is 21.3 Å². The molecule has 0 spiro atoms. The number of benzene rings is 1. The summed E-state index contributed by atoms with van der Waals surface area (Å²) in [6.45, 7) is 2.13. The van der Waals surface area contributed by atoms with Gasteiger partial charge in [0, 0.05) is 13.8 Å². The lowest BCUT2D eigenvalue weighted by molar-refractivity contribution is -0.136. The van der Waals surface area contributed by atoms with Crippen LogP contribution in [0.4, 0.5) is 0 Å².